The van der Waals surface area contributed by atoms with E-state index in [1.54, 1.807) is 0 Å². The van der Waals surface area contributed by atoms with E-state index >= 15 is 0 Å². The summed E-state index contributed by atoms with van der Waals surface area (Å²) in [6.07, 6.45) is 4.76. The highest BCUT2D eigenvalue weighted by Gasteiger charge is 2.19. The maximum Gasteiger partial charge on any atom is 0.188 e. The number of nitrogens with two attached hydrogens (primary N) is 1. The molecule has 0 aromatic heterocycles. The molecule has 1 aliphatic heterocycles. The van der Waals surface area contributed by atoms with Gasteiger partial charge < -0.3 is 15.8 Å². The molecule has 1 aliphatic rings. The summed E-state index contributed by atoms with van der Waals surface area (Å²) in [6.45, 7) is 9.86. The van der Waals surface area contributed by atoms with Crippen molar-refractivity contribution in [3.8, 4) is 0 Å². The lowest BCUT2D eigenvalue weighted by Gasteiger charge is -2.24. The average Bonchev–Trinajstić information content (AvgIpc) is 2.93. The predicted molar refractivity (Wildman–Crippen MR) is 80.5 cm³/mol. The van der Waals surface area contributed by atoms with Crippen LogP contribution in [-0.4, -0.2) is 56.3 Å². The third kappa shape index (κ3) is 6.78. The second-order valence-corrected chi connectivity index (χ2v) is 5.01. The number of nitrogens with one attached hydrogen (secondary N) is 1. The summed E-state index contributed by atoms with van der Waals surface area (Å²) < 4.78 is 5.27. The second-order valence-electron chi connectivity index (χ2n) is 5.01. The van der Waals surface area contributed by atoms with Crippen LogP contribution in [-0.2, 0) is 4.74 Å². The molecule has 0 amide bonds. The Balaban J connectivity index is 2.17. The van der Waals surface area contributed by atoms with Gasteiger partial charge in [-0.15, -0.1) is 0 Å². The molecule has 0 aromatic rings. The van der Waals surface area contributed by atoms with E-state index in [9.17, 15) is 0 Å². The first kappa shape index (κ1) is 16.2. The van der Waals surface area contributed by atoms with Gasteiger partial charge in [-0.05, 0) is 45.7 Å². The molecule has 3 N–H and O–H groups in total. The fourth-order valence-electron chi connectivity index (χ4n) is 2.40. The fourth-order valence-corrected chi connectivity index (χ4v) is 2.40. The Bertz CT molecular complexity index is 252. The number of rotatable bonds is 9. The number of likely N-dealkylation sites (tertiary alicyclic amines) is 1. The van der Waals surface area contributed by atoms with Crippen LogP contribution >= 0.6 is 0 Å². The minimum Gasteiger partial charge on any atom is -0.382 e. The van der Waals surface area contributed by atoms with Crippen molar-refractivity contribution in [2.75, 3.05) is 39.4 Å². The van der Waals surface area contributed by atoms with Crippen molar-refractivity contribution in [3.05, 3.63) is 0 Å². The number of hydrogen-bond acceptors (Lipinski definition) is 3. The molecule has 1 saturated heterocycles. The topological polar surface area (TPSA) is 62.9 Å². The summed E-state index contributed by atoms with van der Waals surface area (Å²) in [5.41, 5.74) is 5.87. The molecule has 0 bridgehead atoms. The molecule has 1 unspecified atom stereocenters. The summed E-state index contributed by atoms with van der Waals surface area (Å²) in [4.78, 5) is 6.99. The van der Waals surface area contributed by atoms with Crippen molar-refractivity contribution < 1.29 is 4.74 Å². The van der Waals surface area contributed by atoms with Gasteiger partial charge in [0.2, 0.25) is 0 Å². The fraction of sp³-hybridized carbons (Fsp3) is 0.929. The maximum absolute atomic E-state index is 5.87. The van der Waals surface area contributed by atoms with Crippen LogP contribution in [0.3, 0.4) is 0 Å². The van der Waals surface area contributed by atoms with Gasteiger partial charge in [0.15, 0.2) is 5.96 Å². The van der Waals surface area contributed by atoms with Gasteiger partial charge in [-0.25, -0.2) is 0 Å². The molecular formula is C14H30N4O. The van der Waals surface area contributed by atoms with E-state index in [0.29, 0.717) is 12.0 Å². The van der Waals surface area contributed by atoms with Crippen LogP contribution in [0.25, 0.3) is 0 Å². The van der Waals surface area contributed by atoms with Crippen LogP contribution < -0.4 is 11.1 Å². The Morgan fingerprint density at radius 3 is 2.74 bits per heavy atom. The average molecular weight is 270 g/mol. The summed E-state index contributed by atoms with van der Waals surface area (Å²) in [7, 11) is 0. The molecule has 1 heterocycles. The first-order chi connectivity index (χ1) is 9.27. The molecule has 0 spiro atoms. The molecule has 5 nitrogen and oxygen atoms in total. The lowest BCUT2D eigenvalue weighted by atomic mass is 10.2. The zero-order chi connectivity index (χ0) is 13.9. The first-order valence-electron chi connectivity index (χ1n) is 7.63. The summed E-state index contributed by atoms with van der Waals surface area (Å²) in [5, 5.41) is 3.14. The lowest BCUT2D eigenvalue weighted by Crippen LogP contribution is -2.37. The Kier molecular flexibility index (Phi) is 8.58. The molecule has 1 atom stereocenters. The first-order valence-corrected chi connectivity index (χ1v) is 7.63. The predicted octanol–water partition coefficient (Wildman–Crippen LogP) is 1.19. The van der Waals surface area contributed by atoms with Crippen molar-refractivity contribution in [2.45, 2.75) is 45.6 Å². The van der Waals surface area contributed by atoms with Gasteiger partial charge in [-0.1, -0.05) is 6.92 Å². The zero-order valence-corrected chi connectivity index (χ0v) is 12.5. The zero-order valence-electron chi connectivity index (χ0n) is 12.5. The van der Waals surface area contributed by atoms with Crippen LogP contribution in [0.15, 0.2) is 4.99 Å². The number of hydrogen-bond donors (Lipinski definition) is 2. The van der Waals surface area contributed by atoms with Crippen LogP contribution in [0, 0.1) is 0 Å². The smallest absolute Gasteiger partial charge is 0.188 e. The minimum absolute atomic E-state index is 0.547. The largest absolute Gasteiger partial charge is 0.382 e. The van der Waals surface area contributed by atoms with Crippen LogP contribution in [0.4, 0.5) is 0 Å². The van der Waals surface area contributed by atoms with E-state index in [1.807, 2.05) is 6.92 Å². The molecular weight excluding hydrogens is 240 g/mol. The molecule has 19 heavy (non-hydrogen) atoms. The van der Waals surface area contributed by atoms with Gasteiger partial charge in [-0.3, -0.25) is 9.89 Å². The van der Waals surface area contributed by atoms with Gasteiger partial charge in [0.1, 0.15) is 0 Å². The van der Waals surface area contributed by atoms with Crippen molar-refractivity contribution in [1.82, 2.24) is 10.2 Å². The van der Waals surface area contributed by atoms with Crippen molar-refractivity contribution in [3.63, 3.8) is 0 Å². The maximum atomic E-state index is 5.87. The van der Waals surface area contributed by atoms with Gasteiger partial charge in [0.05, 0.1) is 6.54 Å². The van der Waals surface area contributed by atoms with Crippen molar-refractivity contribution in [2.24, 2.45) is 10.7 Å². The molecule has 0 saturated carbocycles. The SMILES string of the molecule is CCOCCCNC(N)=NCC(CC)N1CCCC1. The highest BCUT2D eigenvalue weighted by molar-refractivity contribution is 5.77. The third-order valence-electron chi connectivity index (χ3n) is 3.58. The number of aliphatic imine (C=N–C) groups is 1. The highest BCUT2D eigenvalue weighted by Crippen LogP contribution is 2.14. The van der Waals surface area contributed by atoms with E-state index in [2.05, 4.69) is 22.1 Å². The van der Waals surface area contributed by atoms with E-state index in [0.717, 1.165) is 39.1 Å². The van der Waals surface area contributed by atoms with Crippen molar-refractivity contribution >= 4 is 5.96 Å². The Labute approximate surface area is 117 Å². The van der Waals surface area contributed by atoms with E-state index in [1.165, 1.54) is 25.9 Å². The molecule has 112 valence electrons. The Hall–Kier alpha value is -0.810. The molecule has 0 aromatic carbocycles. The van der Waals surface area contributed by atoms with Gasteiger partial charge >= 0.3 is 0 Å². The number of ether oxygens (including phenoxy) is 1. The summed E-state index contributed by atoms with van der Waals surface area (Å²) in [5.74, 6) is 0.564. The molecule has 5 heteroatoms. The molecule has 0 aliphatic carbocycles. The Morgan fingerprint density at radius 2 is 2.11 bits per heavy atom. The van der Waals surface area contributed by atoms with Gasteiger partial charge in [-0.2, -0.15) is 0 Å². The summed E-state index contributed by atoms with van der Waals surface area (Å²) >= 11 is 0. The highest BCUT2D eigenvalue weighted by atomic mass is 16.5. The molecule has 1 rings (SSSR count). The van der Waals surface area contributed by atoms with Crippen molar-refractivity contribution in [1.29, 1.82) is 0 Å². The summed E-state index contributed by atoms with van der Waals surface area (Å²) in [6, 6.07) is 0.547. The lowest BCUT2D eigenvalue weighted by molar-refractivity contribution is 0.145. The van der Waals surface area contributed by atoms with Crippen LogP contribution in [0.5, 0.6) is 0 Å². The van der Waals surface area contributed by atoms with E-state index in [-0.39, 0.29) is 0 Å². The number of nitrogens with zero attached hydrogens (tertiary/aromatic N) is 2. The van der Waals surface area contributed by atoms with E-state index < -0.39 is 0 Å². The Morgan fingerprint density at radius 1 is 1.37 bits per heavy atom. The van der Waals surface area contributed by atoms with Crippen LogP contribution in [0.2, 0.25) is 0 Å². The van der Waals surface area contributed by atoms with Crippen LogP contribution in [0.1, 0.15) is 39.5 Å². The standard InChI is InChI=1S/C14H30N4O/c1-3-13(18-9-5-6-10-18)12-17-14(15)16-8-7-11-19-4-2/h13H,3-12H2,1-2H3,(H3,15,16,17). The normalized spacial score (nSPS) is 18.7. The molecule has 0 radical (unpaired) electrons. The van der Waals surface area contributed by atoms with Gasteiger partial charge in [0.25, 0.3) is 0 Å². The third-order valence-corrected chi connectivity index (χ3v) is 3.58. The number of guanidine groups is 1. The molecule has 1 fully saturated rings. The minimum atomic E-state index is 0.547. The van der Waals surface area contributed by atoms with E-state index in [4.69, 9.17) is 10.5 Å². The van der Waals surface area contributed by atoms with Gasteiger partial charge in [0, 0.05) is 25.8 Å². The monoisotopic (exact) mass is 270 g/mol. The second kappa shape index (κ2) is 10.0. The quantitative estimate of drug-likeness (QED) is 0.375.